The second kappa shape index (κ2) is 11.9. The molecule has 5 aromatic rings. The van der Waals surface area contributed by atoms with Gasteiger partial charge in [0.1, 0.15) is 11.6 Å². The van der Waals surface area contributed by atoms with Gasteiger partial charge in [0.15, 0.2) is 0 Å². The number of carboxylic acid groups (broad SMARTS) is 1. The van der Waals surface area contributed by atoms with E-state index in [0.717, 1.165) is 38.6 Å². The fourth-order valence-electron chi connectivity index (χ4n) is 4.27. The van der Waals surface area contributed by atoms with Crippen LogP contribution >= 0.6 is 11.3 Å². The van der Waals surface area contributed by atoms with Crippen LogP contribution in [-0.4, -0.2) is 11.1 Å². The van der Waals surface area contributed by atoms with Crippen LogP contribution in [0.15, 0.2) is 126 Å². The van der Waals surface area contributed by atoms with Gasteiger partial charge in [0.2, 0.25) is 0 Å². The molecule has 0 spiro atoms. The van der Waals surface area contributed by atoms with Crippen LogP contribution < -0.4 is 4.90 Å². The molecule has 1 aromatic heterocycles. The highest BCUT2D eigenvalue weighted by Crippen LogP contribution is 2.34. The first-order valence-corrected chi connectivity index (χ1v) is 13.2. The van der Waals surface area contributed by atoms with Crippen molar-refractivity contribution in [2.45, 2.75) is 0 Å². The number of rotatable bonds is 8. The van der Waals surface area contributed by atoms with Gasteiger partial charge < -0.3 is 10.0 Å². The molecular formula is C34H24N2O2S. The average molecular weight is 525 g/mol. The van der Waals surface area contributed by atoms with Gasteiger partial charge in [-0.05, 0) is 82.2 Å². The Balaban J connectivity index is 1.44. The Morgan fingerprint density at radius 3 is 1.90 bits per heavy atom. The van der Waals surface area contributed by atoms with Crippen molar-refractivity contribution in [3.63, 3.8) is 0 Å². The summed E-state index contributed by atoms with van der Waals surface area (Å²) in [4.78, 5) is 14.6. The first-order valence-electron chi connectivity index (χ1n) is 12.3. The van der Waals surface area contributed by atoms with Crippen molar-refractivity contribution in [3.05, 3.63) is 143 Å². The number of carboxylic acids is 1. The highest BCUT2D eigenvalue weighted by atomic mass is 32.1. The fraction of sp³-hybridized carbons (Fsp3) is 0. The Hall–Kier alpha value is -5.18. The maximum atomic E-state index is 11.4. The molecule has 0 bridgehead atoms. The zero-order valence-electron chi connectivity index (χ0n) is 20.9. The number of nitrogens with zero attached hydrogens (tertiary/aromatic N) is 2. The average Bonchev–Trinajstić information content (AvgIpc) is 3.52. The third-order valence-corrected chi connectivity index (χ3v) is 7.07. The number of nitriles is 1. The number of hydrogen-bond acceptors (Lipinski definition) is 4. The van der Waals surface area contributed by atoms with Gasteiger partial charge >= 0.3 is 5.97 Å². The minimum Gasteiger partial charge on any atom is -0.477 e. The molecule has 1 heterocycles. The van der Waals surface area contributed by atoms with Crippen molar-refractivity contribution < 1.29 is 9.90 Å². The Bertz CT molecular complexity index is 1630. The van der Waals surface area contributed by atoms with Gasteiger partial charge in [0.25, 0.3) is 0 Å². The molecule has 188 valence electrons. The Labute approximate surface area is 231 Å². The number of para-hydroxylation sites is 2. The predicted octanol–water partition coefficient (Wildman–Crippen LogP) is 9.05. The van der Waals surface area contributed by atoms with Gasteiger partial charge in [-0.3, -0.25) is 0 Å². The third-order valence-electron chi connectivity index (χ3n) is 6.16. The van der Waals surface area contributed by atoms with Crippen LogP contribution in [0, 0.1) is 11.3 Å². The molecule has 0 radical (unpaired) electrons. The Kier molecular flexibility index (Phi) is 7.78. The molecule has 1 N–H and O–H groups in total. The summed E-state index contributed by atoms with van der Waals surface area (Å²) >= 11 is 1.57. The molecule has 0 saturated heterocycles. The number of thiophene rings is 1. The zero-order valence-corrected chi connectivity index (χ0v) is 21.8. The molecule has 0 atom stereocenters. The van der Waals surface area contributed by atoms with E-state index in [9.17, 15) is 15.2 Å². The summed E-state index contributed by atoms with van der Waals surface area (Å²) in [5.74, 6) is -1.24. The molecule has 39 heavy (non-hydrogen) atoms. The minimum atomic E-state index is -1.24. The first-order chi connectivity index (χ1) is 19.1. The normalized spacial score (nSPS) is 11.3. The van der Waals surface area contributed by atoms with E-state index in [1.54, 1.807) is 17.4 Å². The lowest BCUT2D eigenvalue weighted by molar-refractivity contribution is -0.132. The van der Waals surface area contributed by atoms with Gasteiger partial charge in [-0.1, -0.05) is 78.9 Å². The highest BCUT2D eigenvalue weighted by molar-refractivity contribution is 7.13. The second-order valence-corrected chi connectivity index (χ2v) is 9.68. The lowest BCUT2D eigenvalue weighted by atomic mass is 10.00. The summed E-state index contributed by atoms with van der Waals surface area (Å²) in [6.45, 7) is 0. The van der Waals surface area contributed by atoms with E-state index in [1.807, 2.05) is 78.2 Å². The summed E-state index contributed by atoms with van der Waals surface area (Å²) in [6, 6.07) is 40.5. The summed E-state index contributed by atoms with van der Waals surface area (Å²) in [5.41, 5.74) is 6.55. The monoisotopic (exact) mass is 524 g/mol. The van der Waals surface area contributed by atoms with Crippen LogP contribution in [0.3, 0.4) is 0 Å². The molecule has 5 heteroatoms. The molecule has 5 rings (SSSR count). The highest BCUT2D eigenvalue weighted by Gasteiger charge is 2.12. The van der Waals surface area contributed by atoms with Crippen LogP contribution in [0.2, 0.25) is 0 Å². The molecule has 0 saturated carbocycles. The molecular weight excluding hydrogens is 500 g/mol. The van der Waals surface area contributed by atoms with Gasteiger partial charge in [0.05, 0.1) is 0 Å². The quantitative estimate of drug-likeness (QED) is 0.125. The molecule has 0 fully saturated rings. The van der Waals surface area contributed by atoms with Crippen molar-refractivity contribution in [3.8, 4) is 16.5 Å². The summed E-state index contributed by atoms with van der Waals surface area (Å²) < 4.78 is 0. The summed E-state index contributed by atoms with van der Waals surface area (Å²) in [6.07, 6.45) is 5.52. The molecule has 0 aliphatic heterocycles. The van der Waals surface area contributed by atoms with E-state index >= 15 is 0 Å². The van der Waals surface area contributed by atoms with E-state index in [4.69, 9.17) is 0 Å². The molecule has 0 aliphatic rings. The molecule has 4 nitrogen and oxygen atoms in total. The second-order valence-electron chi connectivity index (χ2n) is 8.73. The van der Waals surface area contributed by atoms with Crippen molar-refractivity contribution in [2.75, 3.05) is 4.90 Å². The molecule has 0 aliphatic carbocycles. The zero-order chi connectivity index (χ0) is 27.0. The van der Waals surface area contributed by atoms with Gasteiger partial charge in [-0.25, -0.2) is 4.79 Å². The topological polar surface area (TPSA) is 64.3 Å². The maximum absolute atomic E-state index is 11.4. The molecule has 0 unspecified atom stereocenters. The fourth-order valence-corrected chi connectivity index (χ4v) is 5.04. The van der Waals surface area contributed by atoms with Gasteiger partial charge in [-0.2, -0.15) is 5.26 Å². The van der Waals surface area contributed by atoms with Crippen molar-refractivity contribution >= 4 is 52.6 Å². The summed E-state index contributed by atoms with van der Waals surface area (Å²) in [5, 5.41) is 20.5. The lowest BCUT2D eigenvalue weighted by Crippen LogP contribution is -2.09. The number of aliphatic carboxylic acids is 1. The van der Waals surface area contributed by atoms with Crippen molar-refractivity contribution in [1.82, 2.24) is 0 Å². The smallest absolute Gasteiger partial charge is 0.346 e. The number of carbonyl (C=O) groups is 1. The van der Waals surface area contributed by atoms with Gasteiger partial charge in [0, 0.05) is 21.9 Å². The minimum absolute atomic E-state index is 0.295. The largest absolute Gasteiger partial charge is 0.477 e. The number of hydrogen-bond donors (Lipinski definition) is 1. The number of benzene rings is 4. The van der Waals surface area contributed by atoms with Crippen molar-refractivity contribution in [2.24, 2.45) is 0 Å². The lowest BCUT2D eigenvalue weighted by Gasteiger charge is -2.25. The van der Waals surface area contributed by atoms with E-state index in [1.165, 1.54) is 6.08 Å². The first kappa shape index (κ1) is 25.5. The Morgan fingerprint density at radius 1 is 0.744 bits per heavy atom. The van der Waals surface area contributed by atoms with Crippen LogP contribution in [0.1, 0.15) is 16.7 Å². The van der Waals surface area contributed by atoms with E-state index < -0.39 is 5.97 Å². The van der Waals surface area contributed by atoms with Crippen LogP contribution in [0.5, 0.6) is 0 Å². The Morgan fingerprint density at radius 2 is 1.33 bits per heavy atom. The summed E-state index contributed by atoms with van der Waals surface area (Å²) in [7, 11) is 0. The van der Waals surface area contributed by atoms with Crippen LogP contribution in [0.4, 0.5) is 17.1 Å². The van der Waals surface area contributed by atoms with E-state index in [2.05, 4.69) is 59.5 Å². The molecule has 0 amide bonds. The standard InChI is InChI=1S/C34H24N2O2S/c35-24-28(34(37)38)23-27-18-15-26(22-32(27)33-12-7-21-39-33)14-13-25-16-19-31(20-17-25)36(29-8-3-1-4-9-29)30-10-5-2-6-11-30/h1-23H,(H,37,38)/b14-13+,28-23-. The SMILES string of the molecule is N#C/C(=C/c1ccc(/C=C/c2ccc(N(c3ccccc3)c3ccccc3)cc2)cc1-c1cccs1)C(=O)O. The van der Waals surface area contributed by atoms with Gasteiger partial charge in [-0.15, -0.1) is 11.3 Å². The van der Waals surface area contributed by atoms with E-state index in [-0.39, 0.29) is 5.57 Å². The van der Waals surface area contributed by atoms with Crippen molar-refractivity contribution in [1.29, 1.82) is 5.26 Å². The van der Waals surface area contributed by atoms with Crippen LogP contribution in [0.25, 0.3) is 28.7 Å². The van der Waals surface area contributed by atoms with Crippen LogP contribution in [-0.2, 0) is 4.79 Å². The van der Waals surface area contributed by atoms with E-state index in [0.29, 0.717) is 5.56 Å². The predicted molar refractivity (Wildman–Crippen MR) is 161 cm³/mol. The number of anilines is 3. The third kappa shape index (κ3) is 6.04. The molecule has 4 aromatic carbocycles. The maximum Gasteiger partial charge on any atom is 0.346 e.